The fraction of sp³-hybridized carbons (Fsp3) is 0.250. The molecular formula is C4H9N2O+. The average Bonchev–Trinajstić information content (AvgIpc) is 1.61. The molecule has 0 aromatic rings. The molecule has 0 aromatic heterocycles. The molecule has 0 spiro atoms. The van der Waals surface area contributed by atoms with Crippen molar-refractivity contribution in [1.29, 1.82) is 0 Å². The Morgan fingerprint density at radius 3 is 2.71 bits per heavy atom. The Balaban J connectivity index is 2.97. The summed E-state index contributed by atoms with van der Waals surface area (Å²) in [5, 5.41) is 4.90. The first-order valence-electron chi connectivity index (χ1n) is 1.89. The van der Waals surface area contributed by atoms with Crippen LogP contribution in [-0.2, 0) is 4.74 Å². The molecule has 0 unspecified atom stereocenters. The number of amidine groups is 1. The lowest BCUT2D eigenvalue weighted by molar-refractivity contribution is -0.141. The standard InChI is InChI=1S/C4H8N2O/c1-2-3-7-4(5)6/h2H,1,3H2,(H3,5,6)/p+1. The largest absolute Gasteiger partial charge is 0.437 e. The third-order valence-electron chi connectivity index (χ3n) is 0.368. The van der Waals surface area contributed by atoms with Crippen LogP contribution in [-0.4, -0.2) is 12.6 Å². The lowest BCUT2D eigenvalue weighted by Gasteiger charge is -1.88. The number of nitrogens with two attached hydrogens (primary N) is 2. The van der Waals surface area contributed by atoms with Crippen molar-refractivity contribution >= 4 is 6.02 Å². The van der Waals surface area contributed by atoms with Crippen LogP contribution in [0.3, 0.4) is 0 Å². The minimum atomic E-state index is -0.0140. The second-order valence-electron chi connectivity index (χ2n) is 1.00. The highest BCUT2D eigenvalue weighted by atomic mass is 16.5. The van der Waals surface area contributed by atoms with Crippen LogP contribution in [0.25, 0.3) is 0 Å². The smallest absolute Gasteiger partial charge is 0.428 e. The maximum Gasteiger partial charge on any atom is 0.437 e. The van der Waals surface area contributed by atoms with Crippen LogP contribution in [0.5, 0.6) is 0 Å². The fourth-order valence-electron chi connectivity index (χ4n) is 0.155. The number of ether oxygens (including phenoxy) is 1. The van der Waals surface area contributed by atoms with E-state index in [2.05, 4.69) is 11.3 Å². The highest BCUT2D eigenvalue weighted by Crippen LogP contribution is 1.65. The van der Waals surface area contributed by atoms with E-state index in [-0.39, 0.29) is 6.02 Å². The highest BCUT2D eigenvalue weighted by Gasteiger charge is 1.86. The van der Waals surface area contributed by atoms with Gasteiger partial charge in [-0.1, -0.05) is 12.7 Å². The van der Waals surface area contributed by atoms with Crippen LogP contribution >= 0.6 is 0 Å². The van der Waals surface area contributed by atoms with Gasteiger partial charge in [-0.3, -0.25) is 11.1 Å². The molecule has 0 saturated carbocycles. The van der Waals surface area contributed by atoms with Crippen LogP contribution in [0.1, 0.15) is 0 Å². The molecular weight excluding hydrogens is 92.1 g/mol. The first kappa shape index (κ1) is 6.01. The summed E-state index contributed by atoms with van der Waals surface area (Å²) >= 11 is 0. The van der Waals surface area contributed by atoms with Gasteiger partial charge in [-0.15, -0.1) is 0 Å². The predicted octanol–water partition coefficient (Wildman–Crippen LogP) is -1.74. The molecule has 3 nitrogen and oxygen atoms in total. The first-order chi connectivity index (χ1) is 3.27. The summed E-state index contributed by atoms with van der Waals surface area (Å²) in [5.74, 6) is 0. The number of hydrogen-bond acceptors (Lipinski definition) is 1. The van der Waals surface area contributed by atoms with Gasteiger partial charge in [0.2, 0.25) is 0 Å². The summed E-state index contributed by atoms with van der Waals surface area (Å²) in [7, 11) is 0. The lowest BCUT2D eigenvalue weighted by Crippen LogP contribution is -2.47. The van der Waals surface area contributed by atoms with E-state index >= 15 is 0 Å². The van der Waals surface area contributed by atoms with Gasteiger partial charge in [-0.2, -0.15) is 0 Å². The molecule has 0 rings (SSSR count). The summed E-state index contributed by atoms with van der Waals surface area (Å²) in [6.45, 7) is 3.76. The van der Waals surface area contributed by atoms with Crippen LogP contribution in [0.15, 0.2) is 12.7 Å². The molecule has 0 bridgehead atoms. The number of rotatable bonds is 2. The molecule has 40 valence electrons. The van der Waals surface area contributed by atoms with Crippen LogP contribution in [0.4, 0.5) is 0 Å². The summed E-state index contributed by atoms with van der Waals surface area (Å²) in [5.41, 5.74) is 4.90. The Morgan fingerprint density at radius 2 is 2.57 bits per heavy atom. The minimum Gasteiger partial charge on any atom is -0.428 e. The second kappa shape index (κ2) is 3.21. The Morgan fingerprint density at radius 1 is 2.00 bits per heavy atom. The van der Waals surface area contributed by atoms with E-state index in [9.17, 15) is 0 Å². The highest BCUT2D eigenvalue weighted by molar-refractivity contribution is 5.64. The number of hydrogen-bond donors (Lipinski definition) is 2. The molecule has 4 N–H and O–H groups in total. The molecule has 0 aliphatic rings. The maximum atomic E-state index is 4.90. The van der Waals surface area contributed by atoms with Crippen LogP contribution in [0.2, 0.25) is 0 Å². The average molecular weight is 101 g/mol. The van der Waals surface area contributed by atoms with Gasteiger partial charge < -0.3 is 4.74 Å². The Bertz CT molecular complexity index is 79.8. The molecule has 0 saturated heterocycles. The van der Waals surface area contributed by atoms with Gasteiger partial charge in [-0.05, 0) is 0 Å². The monoisotopic (exact) mass is 101 g/mol. The van der Waals surface area contributed by atoms with Gasteiger partial charge in [-0.25, -0.2) is 0 Å². The zero-order valence-corrected chi connectivity index (χ0v) is 4.05. The molecule has 0 aliphatic carbocycles. The normalized spacial score (nSPS) is 7.43. The third-order valence-corrected chi connectivity index (χ3v) is 0.368. The Hall–Kier alpha value is -0.990. The molecule has 0 aromatic carbocycles. The zero-order valence-electron chi connectivity index (χ0n) is 4.05. The summed E-state index contributed by atoms with van der Waals surface area (Å²) < 4.78 is 4.55. The molecule has 0 heterocycles. The molecule has 0 aliphatic heterocycles. The van der Waals surface area contributed by atoms with Gasteiger partial charge in [0.1, 0.15) is 6.61 Å². The van der Waals surface area contributed by atoms with E-state index in [4.69, 9.17) is 11.1 Å². The van der Waals surface area contributed by atoms with Crippen molar-refractivity contribution in [2.24, 2.45) is 5.73 Å². The molecule has 0 amide bonds. The minimum absolute atomic E-state index is 0.0140. The Labute approximate surface area is 42.3 Å². The molecule has 0 radical (unpaired) electrons. The third kappa shape index (κ3) is 5.01. The van der Waals surface area contributed by atoms with Gasteiger partial charge in [0.05, 0.1) is 0 Å². The maximum absolute atomic E-state index is 4.90. The topological polar surface area (TPSA) is 60.8 Å². The van der Waals surface area contributed by atoms with Crippen LogP contribution in [0, 0.1) is 0 Å². The van der Waals surface area contributed by atoms with Crippen molar-refractivity contribution < 1.29 is 10.1 Å². The lowest BCUT2D eigenvalue weighted by atomic mass is 10.7. The zero-order chi connectivity index (χ0) is 5.70. The summed E-state index contributed by atoms with van der Waals surface area (Å²) in [4.78, 5) is 0. The summed E-state index contributed by atoms with van der Waals surface area (Å²) in [6.07, 6.45) is 1.57. The van der Waals surface area contributed by atoms with Crippen molar-refractivity contribution in [2.75, 3.05) is 6.61 Å². The van der Waals surface area contributed by atoms with Crippen molar-refractivity contribution in [1.82, 2.24) is 0 Å². The van der Waals surface area contributed by atoms with Crippen molar-refractivity contribution in [3.63, 3.8) is 0 Å². The van der Waals surface area contributed by atoms with Crippen molar-refractivity contribution in [3.05, 3.63) is 12.7 Å². The quantitative estimate of drug-likeness (QED) is 0.246. The summed E-state index contributed by atoms with van der Waals surface area (Å²) in [6, 6.07) is -0.0140. The molecule has 0 fully saturated rings. The molecule has 0 atom stereocenters. The van der Waals surface area contributed by atoms with Gasteiger partial charge >= 0.3 is 6.02 Å². The van der Waals surface area contributed by atoms with E-state index in [1.54, 1.807) is 6.08 Å². The van der Waals surface area contributed by atoms with E-state index in [0.29, 0.717) is 6.61 Å². The van der Waals surface area contributed by atoms with Crippen molar-refractivity contribution in [2.45, 2.75) is 0 Å². The second-order valence-corrected chi connectivity index (χ2v) is 1.00. The predicted molar refractivity (Wildman–Crippen MR) is 27.3 cm³/mol. The SMILES string of the molecule is C=CCOC(N)=[NH2+]. The first-order valence-corrected chi connectivity index (χ1v) is 1.89. The fourth-order valence-corrected chi connectivity index (χ4v) is 0.155. The Kier molecular flexibility index (Phi) is 2.76. The van der Waals surface area contributed by atoms with Gasteiger partial charge in [0, 0.05) is 0 Å². The van der Waals surface area contributed by atoms with Crippen molar-refractivity contribution in [3.8, 4) is 0 Å². The van der Waals surface area contributed by atoms with Gasteiger partial charge in [0.25, 0.3) is 0 Å². The van der Waals surface area contributed by atoms with Crippen LogP contribution < -0.4 is 11.1 Å². The van der Waals surface area contributed by atoms with Gasteiger partial charge in [0.15, 0.2) is 0 Å². The van der Waals surface area contributed by atoms with E-state index in [1.165, 1.54) is 0 Å². The van der Waals surface area contributed by atoms with E-state index in [0.717, 1.165) is 0 Å². The van der Waals surface area contributed by atoms with E-state index in [1.807, 2.05) is 0 Å². The van der Waals surface area contributed by atoms with E-state index < -0.39 is 0 Å². The molecule has 7 heavy (non-hydrogen) atoms. The molecule has 3 heteroatoms.